The van der Waals surface area contributed by atoms with E-state index in [0.717, 1.165) is 23.4 Å². The Labute approximate surface area is 156 Å². The predicted octanol–water partition coefficient (Wildman–Crippen LogP) is 5.22. The van der Waals surface area contributed by atoms with E-state index in [1.807, 2.05) is 62.4 Å². The summed E-state index contributed by atoms with van der Waals surface area (Å²) in [5.41, 5.74) is 1.84. The van der Waals surface area contributed by atoms with Gasteiger partial charge in [-0.05, 0) is 67.6 Å². The summed E-state index contributed by atoms with van der Waals surface area (Å²) < 4.78 is 11.5. The molecule has 0 saturated heterocycles. The zero-order valence-electron chi connectivity index (χ0n) is 16.1. The zero-order chi connectivity index (χ0) is 18.9. The van der Waals surface area contributed by atoms with Crippen LogP contribution in [0.25, 0.3) is 0 Å². The summed E-state index contributed by atoms with van der Waals surface area (Å²) in [7, 11) is 0. The van der Waals surface area contributed by atoms with Gasteiger partial charge in [-0.1, -0.05) is 32.9 Å². The lowest BCUT2D eigenvalue weighted by atomic mass is 10.1. The molecule has 1 amide bonds. The van der Waals surface area contributed by atoms with Crippen LogP contribution in [0.4, 0.5) is 5.69 Å². The third kappa shape index (κ3) is 6.43. The molecule has 1 atom stereocenters. The Balaban J connectivity index is 1.90. The Morgan fingerprint density at radius 2 is 1.81 bits per heavy atom. The number of amides is 1. The molecule has 1 N–H and O–H groups in total. The highest BCUT2D eigenvalue weighted by atomic mass is 16.5. The number of carbonyl (C=O) groups is 1. The highest BCUT2D eigenvalue weighted by Gasteiger charge is 2.18. The third-order valence-corrected chi connectivity index (χ3v) is 4.02. The van der Waals surface area contributed by atoms with Crippen molar-refractivity contribution in [2.75, 3.05) is 11.9 Å². The molecule has 2 aromatic rings. The summed E-state index contributed by atoms with van der Waals surface area (Å²) in [4.78, 5) is 12.5. The molecule has 0 aliphatic rings. The summed E-state index contributed by atoms with van der Waals surface area (Å²) in [5, 5.41) is 2.91. The number of hydrogen-bond donors (Lipinski definition) is 1. The minimum atomic E-state index is -0.529. The van der Waals surface area contributed by atoms with Gasteiger partial charge >= 0.3 is 0 Å². The number of nitrogens with one attached hydrogen (secondary N) is 1. The molecule has 140 valence electrons. The Bertz CT molecular complexity index is 695. The van der Waals surface area contributed by atoms with E-state index >= 15 is 0 Å². The largest absolute Gasteiger partial charge is 0.494 e. The Kier molecular flexibility index (Phi) is 7.52. The number of ether oxygens (including phenoxy) is 2. The van der Waals surface area contributed by atoms with Crippen LogP contribution in [0.2, 0.25) is 0 Å². The van der Waals surface area contributed by atoms with Crippen molar-refractivity contribution >= 4 is 11.6 Å². The minimum absolute atomic E-state index is 0.150. The maximum Gasteiger partial charge on any atom is 0.265 e. The normalized spacial score (nSPS) is 11.9. The molecule has 4 nitrogen and oxygen atoms in total. The number of benzene rings is 2. The quantitative estimate of drug-likeness (QED) is 0.671. The fourth-order valence-electron chi connectivity index (χ4n) is 2.44. The van der Waals surface area contributed by atoms with Gasteiger partial charge in [-0.3, -0.25) is 4.79 Å². The van der Waals surface area contributed by atoms with E-state index in [-0.39, 0.29) is 5.91 Å². The molecule has 0 bridgehead atoms. The Morgan fingerprint density at radius 1 is 1.08 bits per heavy atom. The monoisotopic (exact) mass is 355 g/mol. The standard InChI is InChI=1S/C22H29NO3/c1-5-21(26-20-8-6-7-17(4)15-20)22(24)23-18-9-11-19(12-10-18)25-14-13-16(2)3/h6-12,15-16,21H,5,13-14H2,1-4H3,(H,23,24). The fourth-order valence-corrected chi connectivity index (χ4v) is 2.44. The van der Waals surface area contributed by atoms with Crippen molar-refractivity contribution in [2.24, 2.45) is 5.92 Å². The van der Waals surface area contributed by atoms with Crippen LogP contribution in [0, 0.1) is 12.8 Å². The van der Waals surface area contributed by atoms with Gasteiger partial charge in [0.25, 0.3) is 5.91 Å². The van der Waals surface area contributed by atoms with Gasteiger partial charge in [0, 0.05) is 5.69 Å². The van der Waals surface area contributed by atoms with Crippen molar-refractivity contribution in [1.29, 1.82) is 0 Å². The van der Waals surface area contributed by atoms with Crippen molar-refractivity contribution in [2.45, 2.75) is 46.6 Å². The second-order valence-corrected chi connectivity index (χ2v) is 6.88. The lowest BCUT2D eigenvalue weighted by Gasteiger charge is -2.18. The van der Waals surface area contributed by atoms with Crippen LogP contribution in [0.3, 0.4) is 0 Å². The topological polar surface area (TPSA) is 47.6 Å². The maximum atomic E-state index is 12.5. The van der Waals surface area contributed by atoms with Gasteiger partial charge in [0.1, 0.15) is 11.5 Å². The lowest BCUT2D eigenvalue weighted by Crippen LogP contribution is -2.32. The van der Waals surface area contributed by atoms with Gasteiger partial charge in [0.15, 0.2) is 6.10 Å². The van der Waals surface area contributed by atoms with E-state index in [9.17, 15) is 4.79 Å². The average Bonchev–Trinajstić information content (AvgIpc) is 2.61. The van der Waals surface area contributed by atoms with Gasteiger partial charge in [-0.15, -0.1) is 0 Å². The third-order valence-electron chi connectivity index (χ3n) is 4.02. The zero-order valence-corrected chi connectivity index (χ0v) is 16.1. The fraction of sp³-hybridized carbons (Fsp3) is 0.409. The van der Waals surface area contributed by atoms with Crippen molar-refractivity contribution in [1.82, 2.24) is 0 Å². The van der Waals surface area contributed by atoms with Gasteiger partial charge in [-0.25, -0.2) is 0 Å². The SMILES string of the molecule is CCC(Oc1cccc(C)c1)C(=O)Nc1ccc(OCCC(C)C)cc1. The second kappa shape index (κ2) is 9.85. The second-order valence-electron chi connectivity index (χ2n) is 6.88. The van der Waals surface area contributed by atoms with E-state index in [4.69, 9.17) is 9.47 Å². The molecule has 0 heterocycles. The molecule has 4 heteroatoms. The number of anilines is 1. The highest BCUT2D eigenvalue weighted by Crippen LogP contribution is 2.19. The molecule has 0 spiro atoms. The first-order chi connectivity index (χ1) is 12.5. The average molecular weight is 355 g/mol. The van der Waals surface area contributed by atoms with Crippen molar-refractivity contribution < 1.29 is 14.3 Å². The van der Waals surface area contributed by atoms with Crippen LogP contribution < -0.4 is 14.8 Å². The Morgan fingerprint density at radius 3 is 2.42 bits per heavy atom. The molecule has 0 saturated carbocycles. The summed E-state index contributed by atoms with van der Waals surface area (Å²) in [5.74, 6) is 1.99. The summed E-state index contributed by atoms with van der Waals surface area (Å²) >= 11 is 0. The van der Waals surface area contributed by atoms with E-state index in [1.165, 1.54) is 0 Å². The van der Waals surface area contributed by atoms with Crippen LogP contribution in [-0.2, 0) is 4.79 Å². The predicted molar refractivity (Wildman–Crippen MR) is 106 cm³/mol. The summed E-state index contributed by atoms with van der Waals surface area (Å²) in [6.07, 6.45) is 1.09. The van der Waals surface area contributed by atoms with E-state index in [2.05, 4.69) is 19.2 Å². The molecule has 0 aliphatic heterocycles. The van der Waals surface area contributed by atoms with Crippen molar-refractivity contribution in [3.8, 4) is 11.5 Å². The van der Waals surface area contributed by atoms with E-state index in [1.54, 1.807) is 0 Å². The summed E-state index contributed by atoms with van der Waals surface area (Å²) in [6.45, 7) is 8.98. The minimum Gasteiger partial charge on any atom is -0.494 e. The first-order valence-electron chi connectivity index (χ1n) is 9.25. The number of rotatable bonds is 9. The summed E-state index contributed by atoms with van der Waals surface area (Å²) in [6, 6.07) is 15.2. The van der Waals surface area contributed by atoms with Gasteiger partial charge in [0.2, 0.25) is 0 Å². The van der Waals surface area contributed by atoms with Crippen LogP contribution in [0.1, 0.15) is 39.2 Å². The van der Waals surface area contributed by atoms with Gasteiger partial charge in [-0.2, -0.15) is 0 Å². The van der Waals surface area contributed by atoms with E-state index < -0.39 is 6.10 Å². The van der Waals surface area contributed by atoms with Crippen LogP contribution in [0.5, 0.6) is 11.5 Å². The molecular weight excluding hydrogens is 326 g/mol. The van der Waals surface area contributed by atoms with Crippen LogP contribution in [0.15, 0.2) is 48.5 Å². The molecule has 2 rings (SSSR count). The number of aryl methyl sites for hydroxylation is 1. The molecule has 0 aliphatic carbocycles. The van der Waals surface area contributed by atoms with Crippen molar-refractivity contribution in [3.63, 3.8) is 0 Å². The molecule has 0 aromatic heterocycles. The van der Waals surface area contributed by atoms with E-state index in [0.29, 0.717) is 24.7 Å². The molecule has 26 heavy (non-hydrogen) atoms. The molecule has 2 aromatic carbocycles. The Hall–Kier alpha value is -2.49. The van der Waals surface area contributed by atoms with Gasteiger partial charge < -0.3 is 14.8 Å². The molecule has 1 unspecified atom stereocenters. The molecule has 0 radical (unpaired) electrons. The van der Waals surface area contributed by atoms with Gasteiger partial charge in [0.05, 0.1) is 6.61 Å². The first-order valence-corrected chi connectivity index (χ1v) is 9.25. The first kappa shape index (κ1) is 19.8. The smallest absolute Gasteiger partial charge is 0.265 e. The maximum absolute atomic E-state index is 12.5. The highest BCUT2D eigenvalue weighted by molar-refractivity contribution is 5.94. The number of carbonyl (C=O) groups excluding carboxylic acids is 1. The van der Waals surface area contributed by atoms with Crippen molar-refractivity contribution in [3.05, 3.63) is 54.1 Å². The number of hydrogen-bond acceptors (Lipinski definition) is 3. The molecular formula is C22H29NO3. The van der Waals surface area contributed by atoms with Crippen LogP contribution >= 0.6 is 0 Å². The molecule has 0 fully saturated rings. The van der Waals surface area contributed by atoms with Crippen LogP contribution in [-0.4, -0.2) is 18.6 Å². The lowest BCUT2D eigenvalue weighted by molar-refractivity contribution is -0.122.